The number of benzene rings is 1. The summed E-state index contributed by atoms with van der Waals surface area (Å²) in [6, 6.07) is 8.87. The number of hydrogen-bond acceptors (Lipinski definition) is 5. The van der Waals surface area contributed by atoms with Crippen LogP contribution in [0.15, 0.2) is 40.1 Å². The maximum absolute atomic E-state index is 6.07. The molecule has 0 aliphatic heterocycles. The Kier molecular flexibility index (Phi) is 4.14. The van der Waals surface area contributed by atoms with Gasteiger partial charge in [0.05, 0.1) is 9.90 Å². The van der Waals surface area contributed by atoms with Gasteiger partial charge in [0.2, 0.25) is 0 Å². The first-order valence-electron chi connectivity index (χ1n) is 6.12. The molecule has 2 heterocycles. The van der Waals surface area contributed by atoms with Crippen LogP contribution in [-0.2, 0) is 0 Å². The Morgan fingerprint density at radius 3 is 2.86 bits per heavy atom. The molecule has 2 aromatic heterocycles. The molecule has 0 bridgehead atoms. The van der Waals surface area contributed by atoms with E-state index in [1.807, 2.05) is 24.4 Å². The number of halogens is 2. The van der Waals surface area contributed by atoms with Crippen LogP contribution in [0.3, 0.4) is 0 Å². The van der Waals surface area contributed by atoms with E-state index in [4.69, 9.17) is 32.4 Å². The summed E-state index contributed by atoms with van der Waals surface area (Å²) >= 11 is 13.5. The van der Waals surface area contributed by atoms with Crippen molar-refractivity contribution >= 4 is 34.5 Å². The second-order valence-electron chi connectivity index (χ2n) is 4.26. The SMILES string of the molecule is C[C@@H](Oc1cc(Cl)ccc1Cl)c1nnc(-c2cccs2)o1. The van der Waals surface area contributed by atoms with Gasteiger partial charge >= 0.3 is 0 Å². The first-order chi connectivity index (χ1) is 10.1. The van der Waals surface area contributed by atoms with Crippen LogP contribution in [0.1, 0.15) is 18.9 Å². The fourth-order valence-corrected chi connectivity index (χ4v) is 2.68. The van der Waals surface area contributed by atoms with Crippen LogP contribution < -0.4 is 4.74 Å². The fraction of sp³-hybridized carbons (Fsp3) is 0.143. The van der Waals surface area contributed by atoms with E-state index in [0.29, 0.717) is 27.6 Å². The zero-order chi connectivity index (χ0) is 14.8. The highest BCUT2D eigenvalue weighted by Gasteiger charge is 2.18. The number of thiophene rings is 1. The van der Waals surface area contributed by atoms with Gasteiger partial charge in [-0.3, -0.25) is 0 Å². The molecule has 7 heteroatoms. The Balaban J connectivity index is 1.79. The van der Waals surface area contributed by atoms with E-state index in [1.165, 1.54) is 11.3 Å². The average Bonchev–Trinajstić information content (AvgIpc) is 3.12. The molecule has 0 amide bonds. The largest absolute Gasteiger partial charge is 0.479 e. The van der Waals surface area contributed by atoms with E-state index in [2.05, 4.69) is 10.2 Å². The molecule has 0 spiro atoms. The molecular weight excluding hydrogens is 331 g/mol. The van der Waals surface area contributed by atoms with Gasteiger partial charge in [-0.2, -0.15) is 0 Å². The quantitative estimate of drug-likeness (QED) is 0.651. The number of nitrogens with zero attached hydrogens (tertiary/aromatic N) is 2. The van der Waals surface area contributed by atoms with Gasteiger partial charge in [0, 0.05) is 11.1 Å². The summed E-state index contributed by atoms with van der Waals surface area (Å²) in [6.45, 7) is 1.81. The van der Waals surface area contributed by atoms with Crippen LogP contribution in [0.25, 0.3) is 10.8 Å². The van der Waals surface area contributed by atoms with Crippen LogP contribution in [-0.4, -0.2) is 10.2 Å². The molecule has 21 heavy (non-hydrogen) atoms. The predicted molar refractivity (Wildman–Crippen MR) is 83.1 cm³/mol. The minimum absolute atomic E-state index is 0.384. The van der Waals surface area contributed by atoms with Crippen molar-refractivity contribution in [2.24, 2.45) is 0 Å². The molecule has 0 aliphatic rings. The van der Waals surface area contributed by atoms with Crippen molar-refractivity contribution in [1.29, 1.82) is 0 Å². The summed E-state index contributed by atoms with van der Waals surface area (Å²) in [5.74, 6) is 1.34. The molecule has 0 saturated heterocycles. The minimum atomic E-state index is -0.429. The third-order valence-corrected chi connectivity index (χ3v) is 4.12. The molecule has 0 fully saturated rings. The molecule has 108 valence electrons. The van der Waals surface area contributed by atoms with E-state index in [9.17, 15) is 0 Å². The molecule has 0 N–H and O–H groups in total. The van der Waals surface area contributed by atoms with Crippen LogP contribution >= 0.6 is 34.5 Å². The van der Waals surface area contributed by atoms with Crippen LogP contribution in [0, 0.1) is 0 Å². The average molecular weight is 341 g/mol. The summed E-state index contributed by atoms with van der Waals surface area (Å²) in [5, 5.41) is 11.0. The highest BCUT2D eigenvalue weighted by atomic mass is 35.5. The van der Waals surface area contributed by atoms with Gasteiger partial charge in [-0.15, -0.1) is 21.5 Å². The zero-order valence-electron chi connectivity index (χ0n) is 10.9. The van der Waals surface area contributed by atoms with E-state index in [-0.39, 0.29) is 0 Å². The van der Waals surface area contributed by atoms with E-state index >= 15 is 0 Å². The summed E-state index contributed by atoms with van der Waals surface area (Å²) in [6.07, 6.45) is -0.429. The van der Waals surface area contributed by atoms with Crippen molar-refractivity contribution in [2.75, 3.05) is 0 Å². The lowest BCUT2D eigenvalue weighted by Crippen LogP contribution is -2.03. The Morgan fingerprint density at radius 2 is 2.10 bits per heavy atom. The molecule has 0 saturated carbocycles. The maximum Gasteiger partial charge on any atom is 0.257 e. The van der Waals surface area contributed by atoms with E-state index in [1.54, 1.807) is 18.2 Å². The van der Waals surface area contributed by atoms with Gasteiger partial charge in [0.25, 0.3) is 11.8 Å². The third kappa shape index (κ3) is 3.20. The van der Waals surface area contributed by atoms with Crippen LogP contribution in [0.5, 0.6) is 5.75 Å². The second kappa shape index (κ2) is 6.05. The van der Waals surface area contributed by atoms with Gasteiger partial charge in [-0.05, 0) is 30.5 Å². The standard InChI is InChI=1S/C14H10Cl2N2O2S/c1-8(19-11-7-9(15)4-5-10(11)16)13-17-18-14(20-13)12-3-2-6-21-12/h2-8H,1H3/t8-/m1/s1. The van der Waals surface area contributed by atoms with Gasteiger partial charge < -0.3 is 9.15 Å². The Bertz CT molecular complexity index is 743. The summed E-state index contributed by atoms with van der Waals surface area (Å²) in [5.41, 5.74) is 0. The summed E-state index contributed by atoms with van der Waals surface area (Å²) in [7, 11) is 0. The minimum Gasteiger partial charge on any atom is -0.479 e. The van der Waals surface area contributed by atoms with E-state index < -0.39 is 6.10 Å². The Hall–Kier alpha value is -1.56. The number of aromatic nitrogens is 2. The monoisotopic (exact) mass is 340 g/mol. The van der Waals surface area contributed by atoms with Crippen molar-refractivity contribution < 1.29 is 9.15 Å². The van der Waals surface area contributed by atoms with Crippen molar-refractivity contribution in [3.63, 3.8) is 0 Å². The number of hydrogen-bond donors (Lipinski definition) is 0. The highest BCUT2D eigenvalue weighted by Crippen LogP contribution is 2.32. The Morgan fingerprint density at radius 1 is 1.24 bits per heavy atom. The first-order valence-corrected chi connectivity index (χ1v) is 7.76. The first kappa shape index (κ1) is 14.4. The molecule has 3 rings (SSSR count). The molecule has 0 aliphatic carbocycles. The lowest BCUT2D eigenvalue weighted by Gasteiger charge is -2.12. The maximum atomic E-state index is 6.07. The van der Waals surface area contributed by atoms with E-state index in [0.717, 1.165) is 4.88 Å². The van der Waals surface area contributed by atoms with Crippen molar-refractivity contribution in [3.8, 4) is 16.5 Å². The normalized spacial score (nSPS) is 12.3. The summed E-state index contributed by atoms with van der Waals surface area (Å²) < 4.78 is 11.4. The highest BCUT2D eigenvalue weighted by molar-refractivity contribution is 7.13. The topological polar surface area (TPSA) is 48.2 Å². The van der Waals surface area contributed by atoms with Crippen LogP contribution in [0.4, 0.5) is 0 Å². The third-order valence-electron chi connectivity index (χ3n) is 2.72. The lowest BCUT2D eigenvalue weighted by molar-refractivity contribution is 0.190. The molecule has 0 unspecified atom stereocenters. The fourth-order valence-electron chi connectivity index (χ4n) is 1.71. The van der Waals surface area contributed by atoms with Gasteiger partial charge in [0.1, 0.15) is 5.75 Å². The molecule has 0 radical (unpaired) electrons. The summed E-state index contributed by atoms with van der Waals surface area (Å²) in [4.78, 5) is 0.918. The van der Waals surface area contributed by atoms with Crippen molar-refractivity contribution in [2.45, 2.75) is 13.0 Å². The van der Waals surface area contributed by atoms with Crippen molar-refractivity contribution in [1.82, 2.24) is 10.2 Å². The molecule has 3 aromatic rings. The van der Waals surface area contributed by atoms with Gasteiger partial charge in [0.15, 0.2) is 6.10 Å². The molecule has 1 aromatic carbocycles. The van der Waals surface area contributed by atoms with Gasteiger partial charge in [-0.25, -0.2) is 0 Å². The van der Waals surface area contributed by atoms with Gasteiger partial charge in [-0.1, -0.05) is 29.3 Å². The Labute approximate surface area is 135 Å². The molecular formula is C14H10Cl2N2O2S. The zero-order valence-corrected chi connectivity index (χ0v) is 13.2. The van der Waals surface area contributed by atoms with Crippen LogP contribution in [0.2, 0.25) is 10.0 Å². The predicted octanol–water partition coefficient (Wildman–Crippen LogP) is 5.24. The second-order valence-corrected chi connectivity index (χ2v) is 6.05. The molecule has 4 nitrogen and oxygen atoms in total. The number of ether oxygens (including phenoxy) is 1. The van der Waals surface area contributed by atoms with Crippen molar-refractivity contribution in [3.05, 3.63) is 51.6 Å². The smallest absolute Gasteiger partial charge is 0.257 e. The molecule has 1 atom stereocenters. The lowest BCUT2D eigenvalue weighted by atomic mass is 10.3. The number of rotatable bonds is 4.